The molecule has 0 aliphatic carbocycles. The summed E-state index contributed by atoms with van der Waals surface area (Å²) in [6.07, 6.45) is 3.45. The lowest BCUT2D eigenvalue weighted by Crippen LogP contribution is -2.47. The van der Waals surface area contributed by atoms with E-state index in [1.54, 1.807) is 12.4 Å². The lowest BCUT2D eigenvalue weighted by molar-refractivity contribution is -0.537. The normalized spacial score (nSPS) is 16.0. The molecule has 2 aliphatic rings. The number of pyridine rings is 1. The molecule has 2 aliphatic heterocycles. The third kappa shape index (κ3) is 3.54. The van der Waals surface area contributed by atoms with Crippen LogP contribution in [0.25, 0.3) is 0 Å². The van der Waals surface area contributed by atoms with Crippen LogP contribution in [0.15, 0.2) is 71.9 Å². The van der Waals surface area contributed by atoms with Gasteiger partial charge in [0.1, 0.15) is 0 Å². The van der Waals surface area contributed by atoms with Crippen molar-refractivity contribution < 1.29 is 9.37 Å². The zero-order chi connectivity index (χ0) is 20.5. The second kappa shape index (κ2) is 8.07. The molecule has 3 heterocycles. The van der Waals surface area contributed by atoms with Gasteiger partial charge in [-0.05, 0) is 42.3 Å². The van der Waals surface area contributed by atoms with Crippen molar-refractivity contribution in [2.24, 2.45) is 0 Å². The van der Waals surface area contributed by atoms with Gasteiger partial charge in [0.2, 0.25) is 5.71 Å². The number of carbonyl (C=O) groups is 1. The number of hydrogen-bond acceptors (Lipinski definition) is 3. The predicted octanol–water partition coefficient (Wildman–Crippen LogP) is 4.00. The van der Waals surface area contributed by atoms with Gasteiger partial charge in [-0.3, -0.25) is 9.78 Å². The third-order valence-electron chi connectivity index (χ3n) is 5.80. The molecule has 150 valence electrons. The molecule has 5 rings (SSSR count). The third-order valence-corrected chi connectivity index (χ3v) is 6.93. The van der Waals surface area contributed by atoms with Crippen LogP contribution in [0, 0.1) is 6.92 Å². The minimum absolute atomic E-state index is 0.0769. The van der Waals surface area contributed by atoms with Gasteiger partial charge in [0, 0.05) is 23.0 Å². The largest absolute Gasteiger partial charge is 0.326 e. The van der Waals surface area contributed by atoms with Gasteiger partial charge in [0.25, 0.3) is 5.91 Å². The zero-order valence-electron chi connectivity index (χ0n) is 17.0. The summed E-state index contributed by atoms with van der Waals surface area (Å²) in [5.74, 6) is 1.06. The lowest BCUT2D eigenvalue weighted by Gasteiger charge is -2.27. The van der Waals surface area contributed by atoms with Crippen LogP contribution in [-0.4, -0.2) is 52.3 Å². The number of rotatable bonds is 1. The van der Waals surface area contributed by atoms with E-state index in [9.17, 15) is 4.79 Å². The number of nitrogens with zero attached hydrogens (tertiary/aromatic N) is 3. The molecule has 0 radical (unpaired) electrons. The topological polar surface area (TPSA) is 36.2 Å². The molecule has 0 saturated carbocycles. The fourth-order valence-corrected chi connectivity index (χ4v) is 5.35. The van der Waals surface area contributed by atoms with Crippen LogP contribution in [0.5, 0.6) is 0 Å². The number of amides is 1. The summed E-state index contributed by atoms with van der Waals surface area (Å²) in [4.78, 5) is 20.4. The summed E-state index contributed by atoms with van der Waals surface area (Å²) in [6, 6.07) is 19.3. The van der Waals surface area contributed by atoms with Gasteiger partial charge in [-0.15, -0.1) is 11.8 Å². The maximum absolute atomic E-state index is 12.9. The van der Waals surface area contributed by atoms with E-state index in [0.29, 0.717) is 18.7 Å². The number of aromatic nitrogens is 1. The van der Waals surface area contributed by atoms with Crippen molar-refractivity contribution in [3.63, 3.8) is 0 Å². The van der Waals surface area contributed by atoms with Crippen LogP contribution in [-0.2, 0) is 5.75 Å². The highest BCUT2D eigenvalue weighted by Gasteiger charge is 2.31. The van der Waals surface area contributed by atoms with Crippen LogP contribution in [0.3, 0.4) is 0 Å². The minimum Gasteiger partial charge on any atom is -0.326 e. The summed E-state index contributed by atoms with van der Waals surface area (Å²) < 4.78 is 2.46. The van der Waals surface area contributed by atoms with Crippen molar-refractivity contribution in [2.75, 3.05) is 26.2 Å². The van der Waals surface area contributed by atoms with Gasteiger partial charge in [0.15, 0.2) is 13.1 Å². The lowest BCUT2D eigenvalue weighted by atomic mass is 9.97. The highest BCUT2D eigenvalue weighted by Crippen LogP contribution is 2.34. The Kier molecular flexibility index (Phi) is 5.13. The first-order valence-corrected chi connectivity index (χ1v) is 11.3. The second-order valence-electron chi connectivity index (χ2n) is 7.82. The molecule has 0 unspecified atom stereocenters. The SMILES string of the molecule is Cc1cncc(C(=O)N2CC[N+](=C3c4ccccc4CSc4ccccc43)CC2)c1. The van der Waals surface area contributed by atoms with E-state index >= 15 is 0 Å². The number of fused-ring (bicyclic) bond motifs is 2. The van der Waals surface area contributed by atoms with Crippen LogP contribution < -0.4 is 0 Å². The van der Waals surface area contributed by atoms with E-state index in [1.807, 2.05) is 29.7 Å². The van der Waals surface area contributed by atoms with E-state index in [4.69, 9.17) is 0 Å². The van der Waals surface area contributed by atoms with Gasteiger partial charge in [-0.1, -0.05) is 30.3 Å². The molecule has 4 nitrogen and oxygen atoms in total. The Labute approximate surface area is 181 Å². The highest BCUT2D eigenvalue weighted by molar-refractivity contribution is 7.98. The zero-order valence-corrected chi connectivity index (χ0v) is 17.9. The molecule has 0 atom stereocenters. The summed E-state index contributed by atoms with van der Waals surface area (Å²) >= 11 is 1.91. The first kappa shape index (κ1) is 19.1. The summed E-state index contributed by atoms with van der Waals surface area (Å²) in [5.41, 5.74) is 6.98. The maximum Gasteiger partial charge on any atom is 0.255 e. The van der Waals surface area contributed by atoms with Crippen molar-refractivity contribution in [1.82, 2.24) is 9.88 Å². The fourth-order valence-electron chi connectivity index (χ4n) is 4.29. The fraction of sp³-hybridized carbons (Fsp3) is 0.240. The standard InChI is InChI=1S/C25H24N3OS/c1-18-14-20(16-26-15-18)25(29)28-12-10-27(11-13-28)24-21-7-3-2-6-19(21)17-30-23-9-5-4-8-22(23)24/h2-9,14-16H,10-13,17H2,1H3/q+1. The number of piperazine rings is 1. The number of benzene rings is 2. The monoisotopic (exact) mass is 414 g/mol. The van der Waals surface area contributed by atoms with E-state index in [1.165, 1.54) is 27.3 Å². The van der Waals surface area contributed by atoms with Crippen LogP contribution in [0.1, 0.15) is 32.6 Å². The Hall–Kier alpha value is -2.92. The molecule has 0 spiro atoms. The molecule has 30 heavy (non-hydrogen) atoms. The molecular weight excluding hydrogens is 390 g/mol. The summed E-state index contributed by atoms with van der Waals surface area (Å²) in [7, 11) is 0. The second-order valence-corrected chi connectivity index (χ2v) is 8.84. The Balaban J connectivity index is 1.49. The first-order chi connectivity index (χ1) is 14.7. The van der Waals surface area contributed by atoms with Gasteiger partial charge in [0.05, 0.1) is 29.8 Å². The quantitative estimate of drug-likeness (QED) is 0.565. The van der Waals surface area contributed by atoms with Crippen molar-refractivity contribution >= 4 is 23.4 Å². The Morgan fingerprint density at radius 1 is 1.00 bits per heavy atom. The molecule has 0 bridgehead atoms. The highest BCUT2D eigenvalue weighted by atomic mass is 32.2. The predicted molar refractivity (Wildman–Crippen MR) is 121 cm³/mol. The van der Waals surface area contributed by atoms with Crippen LogP contribution >= 0.6 is 11.8 Å². The maximum atomic E-state index is 12.9. The first-order valence-electron chi connectivity index (χ1n) is 10.3. The number of carbonyl (C=O) groups excluding carboxylic acids is 1. The van der Waals surface area contributed by atoms with Gasteiger partial charge in [-0.25, -0.2) is 4.58 Å². The van der Waals surface area contributed by atoms with E-state index in [2.05, 4.69) is 58.1 Å². The Morgan fingerprint density at radius 2 is 1.73 bits per heavy atom. The molecular formula is C25H24N3OS+. The summed E-state index contributed by atoms with van der Waals surface area (Å²) in [6.45, 7) is 5.06. The number of hydrogen-bond donors (Lipinski definition) is 0. The molecule has 1 aromatic heterocycles. The molecule has 3 aromatic rings. The molecule has 0 N–H and O–H groups in total. The van der Waals surface area contributed by atoms with Crippen molar-refractivity contribution in [2.45, 2.75) is 17.6 Å². The Morgan fingerprint density at radius 3 is 2.53 bits per heavy atom. The Bertz CT molecular complexity index is 1090. The summed E-state index contributed by atoms with van der Waals surface area (Å²) in [5, 5.41) is 0. The average molecular weight is 415 g/mol. The van der Waals surface area contributed by atoms with E-state index in [-0.39, 0.29) is 5.91 Å². The molecule has 2 aromatic carbocycles. The molecule has 5 heteroatoms. The van der Waals surface area contributed by atoms with Crippen molar-refractivity contribution in [3.05, 3.63) is 94.8 Å². The van der Waals surface area contributed by atoms with Crippen LogP contribution in [0.2, 0.25) is 0 Å². The molecule has 1 amide bonds. The van der Waals surface area contributed by atoms with E-state index < -0.39 is 0 Å². The smallest absolute Gasteiger partial charge is 0.255 e. The van der Waals surface area contributed by atoms with Crippen molar-refractivity contribution in [3.8, 4) is 0 Å². The average Bonchev–Trinajstić information content (AvgIpc) is 2.96. The molecule has 1 fully saturated rings. The van der Waals surface area contributed by atoms with Gasteiger partial charge >= 0.3 is 0 Å². The van der Waals surface area contributed by atoms with Crippen molar-refractivity contribution in [1.29, 1.82) is 0 Å². The van der Waals surface area contributed by atoms with Gasteiger partial charge in [-0.2, -0.15) is 0 Å². The number of aryl methyl sites for hydroxylation is 1. The van der Waals surface area contributed by atoms with Gasteiger partial charge < -0.3 is 4.90 Å². The van der Waals surface area contributed by atoms with Crippen LogP contribution in [0.4, 0.5) is 0 Å². The number of thioether (sulfide) groups is 1. The van der Waals surface area contributed by atoms with E-state index in [0.717, 1.165) is 24.4 Å². The molecule has 1 saturated heterocycles. The minimum atomic E-state index is 0.0769.